The fourth-order valence-electron chi connectivity index (χ4n) is 1.84. The Hall–Kier alpha value is -0.720. The molecule has 13 heavy (non-hydrogen) atoms. The maximum Gasteiger partial charge on any atom is 0.0351 e. The van der Waals surface area contributed by atoms with Gasteiger partial charge in [0.15, 0.2) is 0 Å². The number of likely N-dealkylation sites (tertiary alicyclic amines) is 1. The van der Waals surface area contributed by atoms with Crippen molar-refractivity contribution in [1.29, 1.82) is 0 Å². The molecule has 0 aromatic heterocycles. The third kappa shape index (κ3) is 2.61. The van der Waals surface area contributed by atoms with Crippen LogP contribution < -0.4 is 0 Å². The molecule has 1 nitrogen and oxygen atoms in total. The summed E-state index contributed by atoms with van der Waals surface area (Å²) in [6, 6.07) is 0. The Bertz CT molecular complexity index is 207. The summed E-state index contributed by atoms with van der Waals surface area (Å²) in [6.45, 7) is 9.03. The number of rotatable bonds is 3. The molecule has 0 amide bonds. The Balaban J connectivity index is 2.72. The van der Waals surface area contributed by atoms with Crippen molar-refractivity contribution < 1.29 is 0 Å². The van der Waals surface area contributed by atoms with Crippen LogP contribution in [0.1, 0.15) is 40.0 Å². The van der Waals surface area contributed by atoms with E-state index in [9.17, 15) is 0 Å². The van der Waals surface area contributed by atoms with E-state index in [0.29, 0.717) is 0 Å². The van der Waals surface area contributed by atoms with Gasteiger partial charge in [-0.25, -0.2) is 0 Å². The molecule has 0 N–H and O–H groups in total. The van der Waals surface area contributed by atoms with E-state index in [1.165, 1.54) is 37.2 Å². The fourth-order valence-corrected chi connectivity index (χ4v) is 1.84. The molecule has 0 aromatic rings. The maximum absolute atomic E-state index is 2.51. The van der Waals surface area contributed by atoms with Crippen molar-refractivity contribution in [3.05, 3.63) is 23.4 Å². The Kier molecular flexibility index (Phi) is 4.07. The smallest absolute Gasteiger partial charge is 0.0351 e. The van der Waals surface area contributed by atoms with Gasteiger partial charge in [-0.05, 0) is 38.7 Å². The Morgan fingerprint density at radius 3 is 2.38 bits per heavy atom. The van der Waals surface area contributed by atoms with E-state index in [2.05, 4.69) is 37.8 Å². The van der Waals surface area contributed by atoms with E-state index >= 15 is 0 Å². The van der Waals surface area contributed by atoms with Crippen LogP contribution in [0.25, 0.3) is 0 Å². The Morgan fingerprint density at radius 1 is 1.31 bits per heavy atom. The zero-order valence-corrected chi connectivity index (χ0v) is 9.14. The number of allylic oxidation sites excluding steroid dienone is 3. The molecule has 1 aliphatic heterocycles. The first kappa shape index (κ1) is 10.4. The van der Waals surface area contributed by atoms with E-state index in [-0.39, 0.29) is 0 Å². The Labute approximate surface area is 82.1 Å². The second-order valence-electron chi connectivity index (χ2n) is 3.66. The van der Waals surface area contributed by atoms with Crippen molar-refractivity contribution >= 4 is 0 Å². The second kappa shape index (κ2) is 5.11. The van der Waals surface area contributed by atoms with Crippen molar-refractivity contribution in [2.24, 2.45) is 0 Å². The van der Waals surface area contributed by atoms with Crippen molar-refractivity contribution in [1.82, 2.24) is 4.90 Å². The molecule has 0 aromatic carbocycles. The van der Waals surface area contributed by atoms with Crippen molar-refractivity contribution in [3.8, 4) is 0 Å². The normalized spacial score (nSPS) is 19.8. The van der Waals surface area contributed by atoms with Crippen LogP contribution >= 0.6 is 0 Å². The molecule has 0 aliphatic carbocycles. The largest absolute Gasteiger partial charge is 0.372 e. The van der Waals surface area contributed by atoms with E-state index in [1.807, 2.05) is 0 Å². The highest BCUT2D eigenvalue weighted by Crippen LogP contribution is 2.21. The SMILES string of the molecule is C/C=C(C)\C(=C/CC)N1CCCC1. The van der Waals surface area contributed by atoms with Gasteiger partial charge in [0.2, 0.25) is 0 Å². The van der Waals surface area contributed by atoms with E-state index in [1.54, 1.807) is 0 Å². The standard InChI is InChI=1S/C12H21N/c1-4-8-12(11(3)5-2)13-9-6-7-10-13/h5,8H,4,6-7,9-10H2,1-3H3/b11-5-,12-8+. The molecule has 1 aliphatic rings. The zero-order valence-electron chi connectivity index (χ0n) is 9.14. The van der Waals surface area contributed by atoms with Gasteiger partial charge in [0.1, 0.15) is 0 Å². The highest BCUT2D eigenvalue weighted by Gasteiger charge is 2.14. The third-order valence-electron chi connectivity index (χ3n) is 2.68. The first-order valence-corrected chi connectivity index (χ1v) is 5.38. The summed E-state index contributed by atoms with van der Waals surface area (Å²) in [4.78, 5) is 2.51. The molecular formula is C12H21N. The van der Waals surface area contributed by atoms with E-state index in [0.717, 1.165) is 6.42 Å². The molecule has 1 rings (SSSR count). The van der Waals surface area contributed by atoms with Gasteiger partial charge < -0.3 is 4.90 Å². The van der Waals surface area contributed by atoms with Crippen LogP contribution in [-0.4, -0.2) is 18.0 Å². The first-order chi connectivity index (χ1) is 6.29. The van der Waals surface area contributed by atoms with Crippen LogP contribution in [0.4, 0.5) is 0 Å². The average molecular weight is 179 g/mol. The topological polar surface area (TPSA) is 3.24 Å². The molecule has 1 saturated heterocycles. The summed E-state index contributed by atoms with van der Waals surface area (Å²) in [5.41, 5.74) is 2.88. The summed E-state index contributed by atoms with van der Waals surface area (Å²) in [7, 11) is 0. The van der Waals surface area contributed by atoms with Gasteiger partial charge in [-0.3, -0.25) is 0 Å². The van der Waals surface area contributed by atoms with Crippen LogP contribution in [0.15, 0.2) is 23.4 Å². The molecule has 74 valence electrons. The molecule has 1 fully saturated rings. The van der Waals surface area contributed by atoms with Gasteiger partial charge in [-0.2, -0.15) is 0 Å². The van der Waals surface area contributed by atoms with E-state index < -0.39 is 0 Å². The molecule has 0 atom stereocenters. The number of hydrogen-bond donors (Lipinski definition) is 0. The highest BCUT2D eigenvalue weighted by molar-refractivity contribution is 5.27. The monoisotopic (exact) mass is 179 g/mol. The van der Waals surface area contributed by atoms with Crippen LogP contribution in [0, 0.1) is 0 Å². The number of hydrogen-bond acceptors (Lipinski definition) is 1. The fraction of sp³-hybridized carbons (Fsp3) is 0.667. The first-order valence-electron chi connectivity index (χ1n) is 5.38. The Morgan fingerprint density at radius 2 is 1.92 bits per heavy atom. The van der Waals surface area contributed by atoms with Crippen LogP contribution in [0.2, 0.25) is 0 Å². The molecule has 1 heterocycles. The van der Waals surface area contributed by atoms with Gasteiger partial charge in [0, 0.05) is 18.8 Å². The third-order valence-corrected chi connectivity index (χ3v) is 2.68. The van der Waals surface area contributed by atoms with Gasteiger partial charge in [0.25, 0.3) is 0 Å². The minimum atomic E-state index is 1.14. The zero-order chi connectivity index (χ0) is 9.68. The van der Waals surface area contributed by atoms with Crippen molar-refractivity contribution in [3.63, 3.8) is 0 Å². The van der Waals surface area contributed by atoms with Crippen LogP contribution in [0.3, 0.4) is 0 Å². The lowest BCUT2D eigenvalue weighted by atomic mass is 10.1. The molecule has 0 saturated carbocycles. The lowest BCUT2D eigenvalue weighted by Crippen LogP contribution is -2.19. The van der Waals surface area contributed by atoms with Gasteiger partial charge >= 0.3 is 0 Å². The van der Waals surface area contributed by atoms with Crippen LogP contribution in [0.5, 0.6) is 0 Å². The van der Waals surface area contributed by atoms with Crippen molar-refractivity contribution in [2.45, 2.75) is 40.0 Å². The predicted molar refractivity (Wildman–Crippen MR) is 58.6 cm³/mol. The predicted octanol–water partition coefficient (Wildman–Crippen LogP) is 3.34. The molecule has 0 spiro atoms. The maximum atomic E-state index is 2.51. The summed E-state index contributed by atoms with van der Waals surface area (Å²) in [5.74, 6) is 0. The summed E-state index contributed by atoms with van der Waals surface area (Å²) < 4.78 is 0. The summed E-state index contributed by atoms with van der Waals surface area (Å²) in [5, 5.41) is 0. The minimum Gasteiger partial charge on any atom is -0.372 e. The van der Waals surface area contributed by atoms with Gasteiger partial charge in [0.05, 0.1) is 0 Å². The summed E-state index contributed by atoms with van der Waals surface area (Å²) >= 11 is 0. The van der Waals surface area contributed by atoms with Crippen molar-refractivity contribution in [2.75, 3.05) is 13.1 Å². The second-order valence-corrected chi connectivity index (χ2v) is 3.66. The molecule has 1 heteroatoms. The van der Waals surface area contributed by atoms with Gasteiger partial charge in [-0.15, -0.1) is 0 Å². The van der Waals surface area contributed by atoms with Gasteiger partial charge in [-0.1, -0.05) is 19.1 Å². The minimum absolute atomic E-state index is 1.14. The lowest BCUT2D eigenvalue weighted by Gasteiger charge is -2.22. The number of nitrogens with zero attached hydrogens (tertiary/aromatic N) is 1. The molecule has 0 bridgehead atoms. The molecular weight excluding hydrogens is 158 g/mol. The van der Waals surface area contributed by atoms with Crippen LogP contribution in [-0.2, 0) is 0 Å². The summed E-state index contributed by atoms with van der Waals surface area (Å²) in [6.07, 6.45) is 8.41. The molecule has 0 radical (unpaired) electrons. The quantitative estimate of drug-likeness (QED) is 0.601. The lowest BCUT2D eigenvalue weighted by molar-refractivity contribution is 0.432. The van der Waals surface area contributed by atoms with E-state index in [4.69, 9.17) is 0 Å². The average Bonchev–Trinajstić information content (AvgIpc) is 2.65. The highest BCUT2D eigenvalue weighted by atomic mass is 15.1. The molecule has 0 unspecified atom stereocenters.